The van der Waals surface area contributed by atoms with Crippen LogP contribution >= 0.6 is 0 Å². The van der Waals surface area contributed by atoms with Gasteiger partial charge in [0, 0.05) is 23.2 Å². The minimum absolute atomic E-state index is 0.0963. The van der Waals surface area contributed by atoms with E-state index in [2.05, 4.69) is 5.32 Å². The maximum Gasteiger partial charge on any atom is 0.412 e. The Bertz CT molecular complexity index is 970. The number of phenolic OH excluding ortho intramolecular Hbond substituents is 1. The summed E-state index contributed by atoms with van der Waals surface area (Å²) >= 11 is 0. The van der Waals surface area contributed by atoms with Gasteiger partial charge in [0.2, 0.25) is 0 Å². The fraction of sp³-hybridized carbons (Fsp3) is 0.227. The van der Waals surface area contributed by atoms with Crippen molar-refractivity contribution in [2.75, 3.05) is 12.4 Å². The van der Waals surface area contributed by atoms with Gasteiger partial charge in [0.05, 0.1) is 7.11 Å². The molecule has 2 rings (SSSR count). The quantitative estimate of drug-likeness (QED) is 0.218. The van der Waals surface area contributed by atoms with Crippen LogP contribution < -0.4 is 15.5 Å². The summed E-state index contributed by atoms with van der Waals surface area (Å²) in [6.07, 6.45) is 0.897. The van der Waals surface area contributed by atoms with Crippen LogP contribution in [0.4, 0.5) is 10.5 Å². The lowest BCUT2D eigenvalue weighted by Crippen LogP contribution is -2.22. The minimum Gasteiger partial charge on any atom is -0.504 e. The standard InChI is InChI=1S/C22H24N2O7/c1-13(4-11-20(27)24-29)21(16-7-10-19(30-3)18(26)12-16)31-22(28)23-17-8-5-15(6-9-17)14(2)25/h4-13,21,26,29H,1-3H3,(H,23,28)(H,24,27)/b11-4+/t13-,21-/m0/s1. The van der Waals surface area contributed by atoms with Crippen molar-refractivity contribution >= 4 is 23.5 Å². The third kappa shape index (κ3) is 6.58. The molecule has 0 saturated carbocycles. The molecule has 31 heavy (non-hydrogen) atoms. The van der Waals surface area contributed by atoms with Crippen molar-refractivity contribution in [2.24, 2.45) is 5.92 Å². The van der Waals surface area contributed by atoms with Crippen molar-refractivity contribution in [2.45, 2.75) is 20.0 Å². The molecule has 0 aromatic heterocycles. The van der Waals surface area contributed by atoms with Crippen LogP contribution in [0.3, 0.4) is 0 Å². The first-order valence-corrected chi connectivity index (χ1v) is 9.33. The number of amides is 2. The van der Waals surface area contributed by atoms with Crippen LogP contribution in [-0.4, -0.2) is 35.2 Å². The van der Waals surface area contributed by atoms with E-state index in [9.17, 15) is 19.5 Å². The van der Waals surface area contributed by atoms with E-state index >= 15 is 0 Å². The summed E-state index contributed by atoms with van der Waals surface area (Å²) < 4.78 is 10.6. The normalized spacial score (nSPS) is 12.6. The largest absolute Gasteiger partial charge is 0.504 e. The van der Waals surface area contributed by atoms with Crippen LogP contribution in [-0.2, 0) is 9.53 Å². The van der Waals surface area contributed by atoms with E-state index in [1.807, 2.05) is 0 Å². The van der Waals surface area contributed by atoms with Gasteiger partial charge in [-0.05, 0) is 48.9 Å². The Morgan fingerprint density at radius 2 is 1.77 bits per heavy atom. The van der Waals surface area contributed by atoms with Crippen molar-refractivity contribution in [1.29, 1.82) is 0 Å². The maximum atomic E-state index is 12.5. The number of phenols is 1. The Morgan fingerprint density at radius 3 is 2.32 bits per heavy atom. The van der Waals surface area contributed by atoms with Crippen LogP contribution in [0.1, 0.15) is 35.9 Å². The molecule has 2 aromatic carbocycles. The van der Waals surface area contributed by atoms with Crippen LogP contribution in [0.15, 0.2) is 54.6 Å². The number of carbonyl (C=O) groups excluding carboxylic acids is 3. The number of anilines is 1. The molecule has 0 aliphatic rings. The molecule has 0 spiro atoms. The SMILES string of the molecule is COc1ccc([C@@H](OC(=O)Nc2ccc(C(C)=O)cc2)[C@@H](C)/C=C/C(=O)NO)cc1O. The highest BCUT2D eigenvalue weighted by molar-refractivity contribution is 5.95. The van der Waals surface area contributed by atoms with Gasteiger partial charge >= 0.3 is 6.09 Å². The zero-order chi connectivity index (χ0) is 23.0. The molecule has 4 N–H and O–H groups in total. The number of hydroxylamine groups is 1. The van der Waals surface area contributed by atoms with Gasteiger partial charge in [-0.25, -0.2) is 10.3 Å². The number of carbonyl (C=O) groups is 3. The lowest BCUT2D eigenvalue weighted by molar-refractivity contribution is -0.124. The first-order valence-electron chi connectivity index (χ1n) is 9.33. The summed E-state index contributed by atoms with van der Waals surface area (Å²) in [6.45, 7) is 3.14. The molecule has 9 nitrogen and oxygen atoms in total. The Balaban J connectivity index is 2.23. The number of rotatable bonds is 8. The second kappa shape index (κ2) is 10.8. The van der Waals surface area contributed by atoms with E-state index in [1.165, 1.54) is 37.7 Å². The molecular formula is C22H24N2O7. The maximum absolute atomic E-state index is 12.5. The third-order valence-electron chi connectivity index (χ3n) is 4.44. The van der Waals surface area contributed by atoms with E-state index in [4.69, 9.17) is 14.7 Å². The molecule has 2 amide bonds. The zero-order valence-electron chi connectivity index (χ0n) is 17.3. The molecule has 0 fully saturated rings. The average molecular weight is 428 g/mol. The molecule has 0 aliphatic carbocycles. The molecule has 0 bridgehead atoms. The first kappa shape index (κ1) is 23.4. The van der Waals surface area contributed by atoms with Crippen molar-refractivity contribution in [3.05, 3.63) is 65.7 Å². The number of nitrogens with one attached hydrogen (secondary N) is 2. The van der Waals surface area contributed by atoms with E-state index in [1.54, 1.807) is 37.3 Å². The molecule has 2 atom stereocenters. The van der Waals surface area contributed by atoms with Crippen LogP contribution in [0.2, 0.25) is 0 Å². The van der Waals surface area contributed by atoms with E-state index in [-0.39, 0.29) is 17.3 Å². The van der Waals surface area contributed by atoms with Gasteiger partial charge in [0.15, 0.2) is 17.3 Å². The molecule has 0 saturated heterocycles. The van der Waals surface area contributed by atoms with E-state index < -0.39 is 24.0 Å². The number of ether oxygens (including phenoxy) is 2. The summed E-state index contributed by atoms with van der Waals surface area (Å²) in [6, 6.07) is 10.8. The van der Waals surface area contributed by atoms with Crippen molar-refractivity contribution < 1.29 is 34.2 Å². The zero-order valence-corrected chi connectivity index (χ0v) is 17.3. The van der Waals surface area contributed by atoms with Gasteiger partial charge in [0.25, 0.3) is 5.91 Å². The van der Waals surface area contributed by atoms with Crippen molar-refractivity contribution in [3.63, 3.8) is 0 Å². The highest BCUT2D eigenvalue weighted by Gasteiger charge is 2.24. The average Bonchev–Trinajstić information content (AvgIpc) is 2.75. The summed E-state index contributed by atoms with van der Waals surface area (Å²) in [5, 5.41) is 21.3. The molecule has 0 aliphatic heterocycles. The number of Topliss-reactive ketones (excluding diaryl/α,β-unsaturated/α-hetero) is 1. The highest BCUT2D eigenvalue weighted by atomic mass is 16.6. The Morgan fingerprint density at radius 1 is 1.10 bits per heavy atom. The number of aromatic hydroxyl groups is 1. The second-order valence-corrected chi connectivity index (χ2v) is 6.71. The lowest BCUT2D eigenvalue weighted by atomic mass is 9.96. The molecule has 9 heteroatoms. The van der Waals surface area contributed by atoms with E-state index in [0.717, 1.165) is 6.08 Å². The van der Waals surface area contributed by atoms with Gasteiger partial charge in [-0.2, -0.15) is 0 Å². The third-order valence-corrected chi connectivity index (χ3v) is 4.44. The van der Waals surface area contributed by atoms with Crippen LogP contribution in [0.5, 0.6) is 11.5 Å². The van der Waals surface area contributed by atoms with E-state index in [0.29, 0.717) is 16.8 Å². The Hall–Kier alpha value is -3.85. The monoisotopic (exact) mass is 428 g/mol. The van der Waals surface area contributed by atoms with Crippen LogP contribution in [0, 0.1) is 5.92 Å². The number of benzene rings is 2. The molecule has 0 unspecified atom stereocenters. The lowest BCUT2D eigenvalue weighted by Gasteiger charge is -2.23. The van der Waals surface area contributed by atoms with Gasteiger partial charge < -0.3 is 14.6 Å². The number of ketones is 1. The van der Waals surface area contributed by atoms with Gasteiger partial charge in [-0.1, -0.05) is 19.1 Å². The Labute approximate surface area is 179 Å². The summed E-state index contributed by atoms with van der Waals surface area (Å²) in [5.41, 5.74) is 2.87. The predicted octanol–water partition coefficient (Wildman–Crippen LogP) is 3.59. The number of hydrogen-bond acceptors (Lipinski definition) is 7. The van der Waals surface area contributed by atoms with Gasteiger partial charge in [-0.3, -0.25) is 20.1 Å². The topological polar surface area (TPSA) is 134 Å². The summed E-state index contributed by atoms with van der Waals surface area (Å²) in [7, 11) is 1.41. The van der Waals surface area contributed by atoms with Crippen LogP contribution in [0.25, 0.3) is 0 Å². The number of methoxy groups -OCH3 is 1. The highest BCUT2D eigenvalue weighted by Crippen LogP contribution is 2.34. The van der Waals surface area contributed by atoms with Gasteiger partial charge in [0.1, 0.15) is 6.10 Å². The second-order valence-electron chi connectivity index (χ2n) is 6.71. The molecule has 0 heterocycles. The smallest absolute Gasteiger partial charge is 0.412 e. The fourth-order valence-electron chi connectivity index (χ4n) is 2.79. The van der Waals surface area contributed by atoms with Crippen molar-refractivity contribution in [3.8, 4) is 11.5 Å². The summed E-state index contributed by atoms with van der Waals surface area (Å²) in [4.78, 5) is 35.2. The first-order chi connectivity index (χ1) is 14.7. The Kier molecular flexibility index (Phi) is 8.16. The number of hydrogen-bond donors (Lipinski definition) is 4. The molecule has 164 valence electrons. The van der Waals surface area contributed by atoms with Crippen molar-refractivity contribution in [1.82, 2.24) is 5.48 Å². The minimum atomic E-state index is -0.879. The molecular weight excluding hydrogens is 404 g/mol. The molecule has 2 aromatic rings. The molecule has 0 radical (unpaired) electrons. The predicted molar refractivity (Wildman–Crippen MR) is 112 cm³/mol. The summed E-state index contributed by atoms with van der Waals surface area (Å²) in [5.74, 6) is -1.23. The van der Waals surface area contributed by atoms with Gasteiger partial charge in [-0.15, -0.1) is 0 Å². The fourth-order valence-corrected chi connectivity index (χ4v) is 2.79.